The van der Waals surface area contributed by atoms with Crippen molar-refractivity contribution in [2.75, 3.05) is 24.5 Å². The molecule has 0 saturated carbocycles. The van der Waals surface area contributed by atoms with Crippen molar-refractivity contribution < 1.29 is 0 Å². The van der Waals surface area contributed by atoms with E-state index in [1.807, 2.05) is 0 Å². The molecule has 98 valence electrons. The van der Waals surface area contributed by atoms with E-state index in [4.69, 9.17) is 0 Å². The van der Waals surface area contributed by atoms with Gasteiger partial charge in [-0.3, -0.25) is 0 Å². The molecule has 1 aliphatic rings. The van der Waals surface area contributed by atoms with Crippen molar-refractivity contribution in [1.82, 2.24) is 5.32 Å². The van der Waals surface area contributed by atoms with E-state index in [1.165, 1.54) is 29.7 Å². The molecular formula is C16H24N2. The SMILES string of the molecule is C=C(CNC(C)C)CN1CCCc2ccccc21. The van der Waals surface area contributed by atoms with E-state index in [0.717, 1.165) is 19.6 Å². The molecule has 18 heavy (non-hydrogen) atoms. The Morgan fingerprint density at radius 3 is 2.94 bits per heavy atom. The lowest BCUT2D eigenvalue weighted by molar-refractivity contribution is 0.611. The zero-order valence-electron chi connectivity index (χ0n) is 11.6. The molecule has 1 aromatic carbocycles. The van der Waals surface area contributed by atoms with E-state index in [2.05, 4.69) is 54.9 Å². The summed E-state index contributed by atoms with van der Waals surface area (Å²) in [6.45, 7) is 11.6. The van der Waals surface area contributed by atoms with Crippen LogP contribution >= 0.6 is 0 Å². The van der Waals surface area contributed by atoms with Gasteiger partial charge < -0.3 is 10.2 Å². The van der Waals surface area contributed by atoms with Crippen LogP contribution in [0.15, 0.2) is 36.4 Å². The fraction of sp³-hybridized carbons (Fsp3) is 0.500. The molecule has 0 bridgehead atoms. The summed E-state index contributed by atoms with van der Waals surface area (Å²) in [4.78, 5) is 2.46. The van der Waals surface area contributed by atoms with Gasteiger partial charge in [0, 0.05) is 31.4 Å². The summed E-state index contributed by atoms with van der Waals surface area (Å²) < 4.78 is 0. The molecule has 2 heteroatoms. The first-order chi connectivity index (χ1) is 8.66. The van der Waals surface area contributed by atoms with Gasteiger partial charge in [-0.1, -0.05) is 38.6 Å². The van der Waals surface area contributed by atoms with E-state index >= 15 is 0 Å². The van der Waals surface area contributed by atoms with Crippen molar-refractivity contribution in [3.05, 3.63) is 42.0 Å². The first-order valence-corrected chi connectivity index (χ1v) is 6.89. The Morgan fingerprint density at radius 2 is 2.17 bits per heavy atom. The van der Waals surface area contributed by atoms with Crippen LogP contribution in [0, 0.1) is 0 Å². The summed E-state index contributed by atoms with van der Waals surface area (Å²) in [6, 6.07) is 9.27. The molecule has 1 heterocycles. The van der Waals surface area contributed by atoms with Gasteiger partial charge in [0.25, 0.3) is 0 Å². The molecule has 0 amide bonds. The largest absolute Gasteiger partial charge is 0.367 e. The number of anilines is 1. The predicted octanol–water partition coefficient (Wildman–Crippen LogP) is 2.99. The highest BCUT2D eigenvalue weighted by Gasteiger charge is 2.16. The third-order valence-corrected chi connectivity index (χ3v) is 3.38. The average molecular weight is 244 g/mol. The van der Waals surface area contributed by atoms with Gasteiger partial charge in [0.05, 0.1) is 0 Å². The lowest BCUT2D eigenvalue weighted by atomic mass is 10.0. The van der Waals surface area contributed by atoms with E-state index in [0.29, 0.717) is 6.04 Å². The second kappa shape index (κ2) is 6.05. The molecule has 2 rings (SSSR count). The summed E-state index contributed by atoms with van der Waals surface area (Å²) in [6.07, 6.45) is 2.46. The van der Waals surface area contributed by atoms with E-state index in [9.17, 15) is 0 Å². The second-order valence-electron chi connectivity index (χ2n) is 5.44. The van der Waals surface area contributed by atoms with Gasteiger partial charge in [-0.15, -0.1) is 0 Å². The molecule has 0 aliphatic carbocycles. The van der Waals surface area contributed by atoms with Gasteiger partial charge in [-0.25, -0.2) is 0 Å². The van der Waals surface area contributed by atoms with E-state index < -0.39 is 0 Å². The minimum Gasteiger partial charge on any atom is -0.367 e. The van der Waals surface area contributed by atoms with Gasteiger partial charge in [0.15, 0.2) is 0 Å². The molecule has 1 aromatic rings. The molecular weight excluding hydrogens is 220 g/mol. The number of nitrogens with one attached hydrogen (secondary N) is 1. The van der Waals surface area contributed by atoms with Crippen molar-refractivity contribution in [2.45, 2.75) is 32.7 Å². The number of hydrogen-bond acceptors (Lipinski definition) is 2. The standard InChI is InChI=1S/C16H24N2/c1-13(2)17-11-14(3)12-18-10-6-8-15-7-4-5-9-16(15)18/h4-5,7,9,13,17H,3,6,8,10-12H2,1-2H3. The third-order valence-electron chi connectivity index (χ3n) is 3.38. The topological polar surface area (TPSA) is 15.3 Å². The van der Waals surface area contributed by atoms with Crippen molar-refractivity contribution in [1.29, 1.82) is 0 Å². The molecule has 0 unspecified atom stereocenters. The van der Waals surface area contributed by atoms with Crippen LogP contribution in [0.4, 0.5) is 5.69 Å². The molecule has 0 fully saturated rings. The van der Waals surface area contributed by atoms with Gasteiger partial charge in [0.2, 0.25) is 0 Å². The number of nitrogens with zero attached hydrogens (tertiary/aromatic N) is 1. The predicted molar refractivity (Wildman–Crippen MR) is 79.3 cm³/mol. The summed E-state index contributed by atoms with van der Waals surface area (Å²) in [5.41, 5.74) is 4.14. The molecule has 0 atom stereocenters. The smallest absolute Gasteiger partial charge is 0.0401 e. The average Bonchev–Trinajstić information content (AvgIpc) is 2.37. The highest BCUT2D eigenvalue weighted by molar-refractivity contribution is 5.56. The monoisotopic (exact) mass is 244 g/mol. The summed E-state index contributed by atoms with van der Waals surface area (Å²) in [5, 5.41) is 3.43. The van der Waals surface area contributed by atoms with Gasteiger partial charge in [-0.05, 0) is 30.0 Å². The lowest BCUT2D eigenvalue weighted by Gasteiger charge is -2.32. The van der Waals surface area contributed by atoms with Crippen molar-refractivity contribution in [2.24, 2.45) is 0 Å². The van der Waals surface area contributed by atoms with Crippen LogP contribution in [-0.4, -0.2) is 25.7 Å². The molecule has 0 radical (unpaired) electrons. The quantitative estimate of drug-likeness (QED) is 0.801. The maximum atomic E-state index is 4.19. The fourth-order valence-corrected chi connectivity index (χ4v) is 2.45. The highest BCUT2D eigenvalue weighted by Crippen LogP contribution is 2.26. The van der Waals surface area contributed by atoms with Crippen molar-refractivity contribution >= 4 is 5.69 Å². The second-order valence-corrected chi connectivity index (χ2v) is 5.44. The maximum Gasteiger partial charge on any atom is 0.0401 e. The van der Waals surface area contributed by atoms with Gasteiger partial charge in [0.1, 0.15) is 0 Å². The van der Waals surface area contributed by atoms with Crippen LogP contribution in [0.2, 0.25) is 0 Å². The summed E-state index contributed by atoms with van der Waals surface area (Å²) in [5.74, 6) is 0. The Labute approximate surface area is 111 Å². The Bertz CT molecular complexity index is 409. The van der Waals surface area contributed by atoms with Crippen LogP contribution in [-0.2, 0) is 6.42 Å². The third kappa shape index (κ3) is 3.36. The first-order valence-electron chi connectivity index (χ1n) is 6.89. The molecule has 0 spiro atoms. The van der Waals surface area contributed by atoms with E-state index in [1.54, 1.807) is 0 Å². The normalized spacial score (nSPS) is 14.7. The summed E-state index contributed by atoms with van der Waals surface area (Å²) in [7, 11) is 0. The van der Waals surface area contributed by atoms with Crippen LogP contribution in [0.25, 0.3) is 0 Å². The molecule has 0 aromatic heterocycles. The van der Waals surface area contributed by atoms with Crippen molar-refractivity contribution in [3.63, 3.8) is 0 Å². The Balaban J connectivity index is 1.96. The number of benzene rings is 1. The molecule has 1 aliphatic heterocycles. The Kier molecular flexibility index (Phi) is 4.43. The number of rotatable bonds is 5. The van der Waals surface area contributed by atoms with Crippen molar-refractivity contribution in [3.8, 4) is 0 Å². The molecule has 1 N–H and O–H groups in total. The fourth-order valence-electron chi connectivity index (χ4n) is 2.45. The number of fused-ring (bicyclic) bond motifs is 1. The first kappa shape index (κ1) is 13.2. The molecule has 0 saturated heterocycles. The van der Waals surface area contributed by atoms with Crippen LogP contribution in [0.3, 0.4) is 0 Å². The minimum atomic E-state index is 0.524. The van der Waals surface area contributed by atoms with Crippen LogP contribution in [0.5, 0.6) is 0 Å². The Hall–Kier alpha value is -1.28. The number of aryl methyl sites for hydroxylation is 1. The number of hydrogen-bond donors (Lipinski definition) is 1. The van der Waals surface area contributed by atoms with Crippen LogP contribution < -0.4 is 10.2 Å². The lowest BCUT2D eigenvalue weighted by Crippen LogP contribution is -2.34. The zero-order chi connectivity index (χ0) is 13.0. The molecule has 2 nitrogen and oxygen atoms in total. The van der Waals surface area contributed by atoms with Gasteiger partial charge in [-0.2, -0.15) is 0 Å². The summed E-state index contributed by atoms with van der Waals surface area (Å²) >= 11 is 0. The maximum absolute atomic E-state index is 4.19. The van der Waals surface area contributed by atoms with Gasteiger partial charge >= 0.3 is 0 Å². The van der Waals surface area contributed by atoms with E-state index in [-0.39, 0.29) is 0 Å². The van der Waals surface area contributed by atoms with Crippen LogP contribution in [0.1, 0.15) is 25.8 Å². The highest BCUT2D eigenvalue weighted by atomic mass is 15.1. The Morgan fingerprint density at radius 1 is 1.39 bits per heavy atom. The zero-order valence-corrected chi connectivity index (χ0v) is 11.6. The minimum absolute atomic E-state index is 0.524. The number of para-hydroxylation sites is 1.